The van der Waals surface area contributed by atoms with Crippen molar-refractivity contribution < 1.29 is 29.6 Å². The largest absolute Gasteiger partial charge is 1.00 e. The molecule has 0 fully saturated rings. The van der Waals surface area contributed by atoms with E-state index >= 15 is 0 Å². The van der Waals surface area contributed by atoms with Gasteiger partial charge in [0.25, 0.3) is 0 Å². The number of para-hydroxylation sites is 2. The van der Waals surface area contributed by atoms with Gasteiger partial charge < -0.3 is 17.2 Å². The van der Waals surface area contributed by atoms with Crippen LogP contribution in [0.25, 0.3) is 0 Å². The molecule has 1 N–H and O–H groups in total. The third kappa shape index (κ3) is 4.89. The molecule has 3 radical (unpaired) electrons. The van der Waals surface area contributed by atoms with E-state index in [0.29, 0.717) is 6.04 Å². The summed E-state index contributed by atoms with van der Waals surface area (Å²) in [4.78, 5) is 4.52. The molecule has 2 heterocycles. The van der Waals surface area contributed by atoms with Crippen molar-refractivity contribution in [2.24, 2.45) is 4.99 Å². The first-order valence-corrected chi connectivity index (χ1v) is 8.98. The van der Waals surface area contributed by atoms with Crippen LogP contribution in [-0.4, -0.2) is 20.2 Å². The summed E-state index contributed by atoms with van der Waals surface area (Å²) >= 11 is 0. The Labute approximate surface area is 194 Å². The second-order valence-corrected chi connectivity index (χ2v) is 7.97. The topological polar surface area (TPSA) is 48.2 Å². The van der Waals surface area contributed by atoms with Crippen LogP contribution in [0.2, 0.25) is 0 Å². The summed E-state index contributed by atoms with van der Waals surface area (Å²) < 4.78 is 0. The van der Waals surface area contributed by atoms with Crippen LogP contribution in [0, 0.1) is 11.8 Å². The van der Waals surface area contributed by atoms with Crippen molar-refractivity contribution in [2.45, 2.75) is 58.4 Å². The molecule has 139 valence electrons. The van der Waals surface area contributed by atoms with Crippen LogP contribution in [0.3, 0.4) is 0 Å². The number of hydrogen-bond donors (Lipinski definition) is 1. The zero-order valence-electron chi connectivity index (χ0n) is 18.2. The average Bonchev–Trinajstić information content (AvgIpc) is 3.00. The summed E-state index contributed by atoms with van der Waals surface area (Å²) in [5.74, 6) is 0. The second kappa shape index (κ2) is 10.3. The summed E-state index contributed by atoms with van der Waals surface area (Å²) in [5, 5.41) is 9.74. The molecule has 1 atom stereocenters. The minimum absolute atomic E-state index is 0. The fraction of sp³-hybridized carbons (Fsp3) is 0.391. The Morgan fingerprint density at radius 1 is 0.929 bits per heavy atom. The molecule has 28 heavy (non-hydrogen) atoms. The number of anilines is 1. The van der Waals surface area contributed by atoms with E-state index in [2.05, 4.69) is 94.3 Å². The third-order valence-electron chi connectivity index (χ3n) is 5.85. The van der Waals surface area contributed by atoms with E-state index in [0.717, 1.165) is 5.69 Å². The fourth-order valence-electron chi connectivity index (χ4n) is 3.43. The minimum Gasteiger partial charge on any atom is -0.512 e. The van der Waals surface area contributed by atoms with Gasteiger partial charge in [-0.3, -0.25) is 4.99 Å². The Hall–Kier alpha value is -1.54. The summed E-state index contributed by atoms with van der Waals surface area (Å²) in [6.07, 6.45) is 0. The van der Waals surface area contributed by atoms with Crippen molar-refractivity contribution in [1.82, 2.24) is 0 Å². The monoisotopic (exact) mass is 380 g/mol. The van der Waals surface area contributed by atoms with Crippen molar-refractivity contribution in [2.75, 3.05) is 5.32 Å². The summed E-state index contributed by atoms with van der Waals surface area (Å²) in [6.45, 7) is 18.1. The van der Waals surface area contributed by atoms with Gasteiger partial charge in [0.05, 0.1) is 5.69 Å². The number of nitrogens with one attached hydrogen (secondary N) is 1. The van der Waals surface area contributed by atoms with Gasteiger partial charge >= 0.3 is 29.6 Å². The SMILES string of the molecule is CC1=Nc2ccccc2C1(C)C.CC1Nc2ccccc2C1(C)C.[B].[C-]#N.[Na+]. The Kier molecular flexibility index (Phi) is 9.74. The molecule has 2 aliphatic heterocycles. The molecule has 3 nitrogen and oxygen atoms in total. The molecular formula is C23H28BN3Na. The van der Waals surface area contributed by atoms with Gasteiger partial charge in [0, 0.05) is 36.7 Å². The van der Waals surface area contributed by atoms with Crippen molar-refractivity contribution in [1.29, 1.82) is 5.26 Å². The average molecular weight is 380 g/mol. The first-order chi connectivity index (χ1) is 12.2. The smallest absolute Gasteiger partial charge is 0.512 e. The Morgan fingerprint density at radius 3 is 1.96 bits per heavy atom. The van der Waals surface area contributed by atoms with E-state index in [9.17, 15) is 0 Å². The maximum Gasteiger partial charge on any atom is 1.00 e. The van der Waals surface area contributed by atoms with Gasteiger partial charge in [-0.1, -0.05) is 64.1 Å². The van der Waals surface area contributed by atoms with Gasteiger partial charge in [-0.15, -0.1) is 0 Å². The zero-order chi connectivity index (χ0) is 19.5. The van der Waals surface area contributed by atoms with Gasteiger partial charge in [-0.25, -0.2) is 0 Å². The summed E-state index contributed by atoms with van der Waals surface area (Å²) in [7, 11) is 0. The maximum absolute atomic E-state index is 6.25. The normalized spacial score (nSPS) is 18.7. The minimum atomic E-state index is 0. The van der Waals surface area contributed by atoms with E-state index in [4.69, 9.17) is 11.8 Å². The molecule has 2 aromatic carbocycles. The van der Waals surface area contributed by atoms with E-state index < -0.39 is 0 Å². The van der Waals surface area contributed by atoms with Crippen molar-refractivity contribution in [3.8, 4) is 0 Å². The Bertz CT molecular complexity index is 834. The molecule has 4 rings (SSSR count). The van der Waals surface area contributed by atoms with Crippen LogP contribution in [0.4, 0.5) is 11.4 Å². The molecule has 0 spiro atoms. The van der Waals surface area contributed by atoms with Gasteiger partial charge in [0.15, 0.2) is 0 Å². The standard InChI is InChI=1S/C11H15N.C11H13N.CN.B.Na/c2*1-8-11(2,3)9-6-4-5-7-10(9)12-8;1-2;;/h4-8,12H,1-3H3;4-7H,1-3H3;;;/q;;-1;;+1. The van der Waals surface area contributed by atoms with Crippen LogP contribution in [0.15, 0.2) is 53.5 Å². The second-order valence-electron chi connectivity index (χ2n) is 7.97. The zero-order valence-corrected chi connectivity index (χ0v) is 20.2. The molecule has 0 amide bonds. The number of nitrogens with zero attached hydrogens (tertiary/aromatic N) is 2. The maximum atomic E-state index is 6.25. The molecule has 5 heteroatoms. The predicted octanol–water partition coefficient (Wildman–Crippen LogP) is 2.57. The molecule has 0 aliphatic carbocycles. The van der Waals surface area contributed by atoms with Crippen LogP contribution in [0.1, 0.15) is 52.7 Å². The van der Waals surface area contributed by atoms with Crippen LogP contribution in [-0.2, 0) is 10.8 Å². The molecule has 0 saturated heterocycles. The molecule has 0 saturated carbocycles. The molecular weight excluding hydrogens is 352 g/mol. The van der Waals surface area contributed by atoms with Crippen molar-refractivity contribution in [3.05, 3.63) is 66.2 Å². The van der Waals surface area contributed by atoms with Crippen molar-refractivity contribution in [3.63, 3.8) is 0 Å². The number of fused-ring (bicyclic) bond motifs is 2. The molecule has 1 unspecified atom stereocenters. The number of hydrogen-bond acceptors (Lipinski definition) is 3. The molecule has 2 aliphatic rings. The van der Waals surface area contributed by atoms with E-state index in [-0.39, 0.29) is 48.8 Å². The summed E-state index contributed by atoms with van der Waals surface area (Å²) in [6, 6.07) is 17.5. The number of aliphatic imine (C=N–C) groups is 1. The van der Waals surface area contributed by atoms with Gasteiger partial charge in [0.2, 0.25) is 0 Å². The van der Waals surface area contributed by atoms with E-state index in [1.165, 1.54) is 22.5 Å². The summed E-state index contributed by atoms with van der Waals surface area (Å²) in [5.41, 5.74) is 6.85. The fourth-order valence-corrected chi connectivity index (χ4v) is 3.43. The first kappa shape index (κ1) is 26.5. The first-order valence-electron chi connectivity index (χ1n) is 8.98. The number of rotatable bonds is 0. The van der Waals surface area contributed by atoms with E-state index in [1.807, 2.05) is 6.07 Å². The van der Waals surface area contributed by atoms with Crippen molar-refractivity contribution >= 4 is 25.5 Å². The van der Waals surface area contributed by atoms with Gasteiger partial charge in [-0.2, -0.15) is 0 Å². The number of benzene rings is 2. The molecule has 0 aromatic heterocycles. The predicted molar refractivity (Wildman–Crippen MR) is 116 cm³/mol. The van der Waals surface area contributed by atoms with Gasteiger partial charge in [-0.05, 0) is 37.1 Å². The quantitative estimate of drug-likeness (QED) is 0.564. The molecule has 2 aromatic rings. The van der Waals surface area contributed by atoms with E-state index in [1.54, 1.807) is 0 Å². The molecule has 0 bridgehead atoms. The van der Waals surface area contributed by atoms with Gasteiger partial charge in [0.1, 0.15) is 0 Å². The Balaban J connectivity index is 0.000000449. The third-order valence-corrected chi connectivity index (χ3v) is 5.85. The van der Waals surface area contributed by atoms with Crippen LogP contribution < -0.4 is 34.9 Å². The van der Waals surface area contributed by atoms with Crippen LogP contribution >= 0.6 is 0 Å². The Morgan fingerprint density at radius 2 is 1.43 bits per heavy atom. The van der Waals surface area contributed by atoms with Crippen LogP contribution in [0.5, 0.6) is 0 Å².